The molecule has 0 heterocycles. The zero-order valence-corrected chi connectivity index (χ0v) is 14.2. The first-order valence-electron chi connectivity index (χ1n) is 7.71. The second-order valence-electron chi connectivity index (χ2n) is 5.81. The van der Waals surface area contributed by atoms with E-state index in [1.165, 1.54) is 24.3 Å². The van der Waals surface area contributed by atoms with Gasteiger partial charge in [0.05, 0.1) is 4.92 Å². The molecule has 0 fully saturated rings. The van der Waals surface area contributed by atoms with Crippen molar-refractivity contribution in [2.45, 2.75) is 26.8 Å². The molecule has 130 valence electrons. The topological polar surface area (TPSA) is 101 Å². The van der Waals surface area contributed by atoms with Gasteiger partial charge in [0.1, 0.15) is 6.04 Å². The van der Waals surface area contributed by atoms with E-state index in [1.54, 1.807) is 13.0 Å². The Labute approximate surface area is 145 Å². The predicted molar refractivity (Wildman–Crippen MR) is 94.6 cm³/mol. The van der Waals surface area contributed by atoms with Gasteiger partial charge in [0, 0.05) is 23.4 Å². The highest BCUT2D eigenvalue weighted by atomic mass is 16.6. The largest absolute Gasteiger partial charge is 0.341 e. The van der Waals surface area contributed by atoms with Gasteiger partial charge in [0.2, 0.25) is 5.91 Å². The number of nitro benzene ring substituents is 1. The summed E-state index contributed by atoms with van der Waals surface area (Å²) in [6, 6.07) is 10.2. The van der Waals surface area contributed by atoms with Crippen LogP contribution in [0.25, 0.3) is 0 Å². The number of benzene rings is 2. The van der Waals surface area contributed by atoms with E-state index in [-0.39, 0.29) is 17.2 Å². The lowest BCUT2D eigenvalue weighted by Crippen LogP contribution is -2.41. The monoisotopic (exact) mass is 341 g/mol. The lowest BCUT2D eigenvalue weighted by Gasteiger charge is -2.15. The summed E-state index contributed by atoms with van der Waals surface area (Å²) >= 11 is 0. The van der Waals surface area contributed by atoms with Gasteiger partial charge >= 0.3 is 0 Å². The minimum atomic E-state index is -0.799. The normalized spacial score (nSPS) is 11.5. The maximum Gasteiger partial charge on any atom is 0.270 e. The highest BCUT2D eigenvalue weighted by Gasteiger charge is 2.18. The van der Waals surface area contributed by atoms with Crippen LogP contribution in [0.4, 0.5) is 11.4 Å². The Bertz CT molecular complexity index is 833. The molecule has 0 aliphatic carbocycles. The zero-order valence-electron chi connectivity index (χ0n) is 14.2. The number of nitrogens with zero attached hydrogens (tertiary/aromatic N) is 1. The molecular formula is C18H19N3O4. The maximum absolute atomic E-state index is 12.3. The summed E-state index contributed by atoms with van der Waals surface area (Å²) in [7, 11) is 0. The predicted octanol–water partition coefficient (Wildman–Crippen LogP) is 2.97. The van der Waals surface area contributed by atoms with Gasteiger partial charge in [0.15, 0.2) is 0 Å². The van der Waals surface area contributed by atoms with E-state index in [9.17, 15) is 19.7 Å². The molecule has 0 aliphatic heterocycles. The van der Waals surface area contributed by atoms with Crippen molar-refractivity contribution in [1.29, 1.82) is 0 Å². The molecule has 0 spiro atoms. The van der Waals surface area contributed by atoms with Crippen molar-refractivity contribution in [3.63, 3.8) is 0 Å². The number of hydrogen-bond acceptors (Lipinski definition) is 4. The molecule has 25 heavy (non-hydrogen) atoms. The van der Waals surface area contributed by atoms with Gasteiger partial charge in [-0.05, 0) is 38.5 Å². The number of nitro groups is 1. The second kappa shape index (κ2) is 7.57. The molecule has 0 saturated carbocycles. The number of anilines is 1. The van der Waals surface area contributed by atoms with Crippen LogP contribution in [0, 0.1) is 24.0 Å². The van der Waals surface area contributed by atoms with Gasteiger partial charge < -0.3 is 10.6 Å². The molecule has 2 aromatic carbocycles. The summed E-state index contributed by atoms with van der Waals surface area (Å²) in [5.41, 5.74) is 2.63. The van der Waals surface area contributed by atoms with E-state index < -0.39 is 16.9 Å². The molecule has 2 amide bonds. The number of amides is 2. The second-order valence-corrected chi connectivity index (χ2v) is 5.81. The highest BCUT2D eigenvalue weighted by molar-refractivity contribution is 6.01. The van der Waals surface area contributed by atoms with Crippen LogP contribution in [-0.2, 0) is 4.79 Å². The molecule has 1 atom stereocenters. The van der Waals surface area contributed by atoms with E-state index in [2.05, 4.69) is 10.6 Å². The van der Waals surface area contributed by atoms with Crippen molar-refractivity contribution in [3.05, 3.63) is 69.3 Å². The molecular weight excluding hydrogens is 322 g/mol. The number of carbonyl (C=O) groups excluding carboxylic acids is 2. The molecule has 2 N–H and O–H groups in total. The molecule has 0 saturated heterocycles. The third-order valence-corrected chi connectivity index (χ3v) is 3.70. The van der Waals surface area contributed by atoms with Gasteiger partial charge in [-0.25, -0.2) is 0 Å². The van der Waals surface area contributed by atoms with Gasteiger partial charge in [-0.2, -0.15) is 0 Å². The minimum absolute atomic E-state index is 0.125. The average molecular weight is 341 g/mol. The Hall–Kier alpha value is -3.22. The van der Waals surface area contributed by atoms with Crippen LogP contribution in [0.15, 0.2) is 42.5 Å². The molecule has 0 aromatic heterocycles. The van der Waals surface area contributed by atoms with Crippen LogP contribution < -0.4 is 10.6 Å². The molecule has 7 heteroatoms. The van der Waals surface area contributed by atoms with E-state index in [0.29, 0.717) is 5.69 Å². The first-order valence-corrected chi connectivity index (χ1v) is 7.71. The van der Waals surface area contributed by atoms with Crippen LogP contribution in [0.5, 0.6) is 0 Å². The zero-order chi connectivity index (χ0) is 18.6. The lowest BCUT2D eigenvalue weighted by atomic mass is 10.1. The van der Waals surface area contributed by atoms with Crippen LogP contribution in [0.2, 0.25) is 0 Å². The van der Waals surface area contributed by atoms with Crippen LogP contribution in [-0.4, -0.2) is 22.8 Å². The molecule has 2 rings (SSSR count). The number of rotatable bonds is 5. The fraction of sp³-hybridized carbons (Fsp3) is 0.222. The highest BCUT2D eigenvalue weighted by Crippen LogP contribution is 2.16. The van der Waals surface area contributed by atoms with Crippen molar-refractivity contribution < 1.29 is 14.5 Å². The number of nitrogens with one attached hydrogen (secondary N) is 2. The van der Waals surface area contributed by atoms with Crippen molar-refractivity contribution in [3.8, 4) is 0 Å². The summed E-state index contributed by atoms with van der Waals surface area (Å²) in [5, 5.41) is 16.1. The first kappa shape index (κ1) is 18.1. The number of hydrogen-bond donors (Lipinski definition) is 2. The van der Waals surface area contributed by atoms with Crippen LogP contribution in [0.3, 0.4) is 0 Å². The van der Waals surface area contributed by atoms with Gasteiger partial charge in [-0.1, -0.05) is 23.8 Å². The molecule has 0 aliphatic rings. The fourth-order valence-electron chi connectivity index (χ4n) is 2.30. The Balaban J connectivity index is 2.04. The standard InChI is InChI=1S/C18H19N3O4/c1-11-7-8-16(12(2)9-11)20-17(22)13(3)19-18(23)14-5-4-6-15(10-14)21(24)25/h4-10,13H,1-3H3,(H,19,23)(H,20,22)/t13-/m0/s1. The Morgan fingerprint density at radius 3 is 2.48 bits per heavy atom. The summed E-state index contributed by atoms with van der Waals surface area (Å²) < 4.78 is 0. The fourth-order valence-corrected chi connectivity index (χ4v) is 2.30. The van der Waals surface area contributed by atoms with Crippen molar-refractivity contribution in [1.82, 2.24) is 5.32 Å². The first-order chi connectivity index (χ1) is 11.8. The van der Waals surface area contributed by atoms with E-state index in [1.807, 2.05) is 26.0 Å². The molecule has 0 unspecified atom stereocenters. The third kappa shape index (κ3) is 4.63. The summed E-state index contributed by atoms with van der Waals surface area (Å²) in [6.45, 7) is 5.39. The van der Waals surface area contributed by atoms with Crippen molar-refractivity contribution in [2.75, 3.05) is 5.32 Å². The van der Waals surface area contributed by atoms with Crippen molar-refractivity contribution >= 4 is 23.2 Å². The summed E-state index contributed by atoms with van der Waals surface area (Å²) in [6.07, 6.45) is 0. The number of non-ortho nitro benzene ring substituents is 1. The Morgan fingerprint density at radius 2 is 1.84 bits per heavy atom. The number of aryl methyl sites for hydroxylation is 2. The molecule has 2 aromatic rings. The van der Waals surface area contributed by atoms with Crippen molar-refractivity contribution in [2.24, 2.45) is 0 Å². The number of carbonyl (C=O) groups is 2. The third-order valence-electron chi connectivity index (χ3n) is 3.70. The Kier molecular flexibility index (Phi) is 5.49. The minimum Gasteiger partial charge on any atom is -0.341 e. The SMILES string of the molecule is Cc1ccc(NC(=O)[C@H](C)NC(=O)c2cccc([N+](=O)[O-])c2)c(C)c1. The molecule has 0 radical (unpaired) electrons. The van der Waals surface area contributed by atoms with Gasteiger partial charge in [-0.15, -0.1) is 0 Å². The molecule has 0 bridgehead atoms. The average Bonchev–Trinajstić information content (AvgIpc) is 2.57. The quantitative estimate of drug-likeness (QED) is 0.645. The van der Waals surface area contributed by atoms with E-state index >= 15 is 0 Å². The van der Waals surface area contributed by atoms with Crippen LogP contribution >= 0.6 is 0 Å². The Morgan fingerprint density at radius 1 is 1.12 bits per heavy atom. The van der Waals surface area contributed by atoms with E-state index in [4.69, 9.17) is 0 Å². The van der Waals surface area contributed by atoms with E-state index in [0.717, 1.165) is 11.1 Å². The summed E-state index contributed by atoms with van der Waals surface area (Å²) in [4.78, 5) is 34.6. The van der Waals surface area contributed by atoms with Gasteiger partial charge in [0.25, 0.3) is 11.6 Å². The van der Waals surface area contributed by atoms with Gasteiger partial charge in [-0.3, -0.25) is 19.7 Å². The lowest BCUT2D eigenvalue weighted by molar-refractivity contribution is -0.384. The maximum atomic E-state index is 12.3. The summed E-state index contributed by atoms with van der Waals surface area (Å²) in [5.74, 6) is -0.919. The van der Waals surface area contributed by atoms with Crippen LogP contribution in [0.1, 0.15) is 28.4 Å². The molecule has 7 nitrogen and oxygen atoms in total. The smallest absolute Gasteiger partial charge is 0.270 e.